The van der Waals surface area contributed by atoms with Gasteiger partial charge in [-0.25, -0.2) is 34.9 Å². The van der Waals surface area contributed by atoms with Crippen LogP contribution in [-0.4, -0.2) is 39.5 Å². The second-order valence-corrected chi connectivity index (χ2v) is 25.8. The Labute approximate surface area is 589 Å². The SMILES string of the molecule is c1ccc(-c2cc(-c3ccc(-c4cccc5c4nc(-c4ccccc4)c4ccc6oc7ccccc7c6c45)cc3)nc(-n3c4ccccc4c4ccccc43)n2)cc1.c1ccc(-c2nc(-c3ccccc3)nc(-c3ccc4c(c3)nc(-c3ccccc3)c3ccc5oc6ccccc6c5c34)n2)cc1. The molecule has 14 aromatic carbocycles. The largest absolute Gasteiger partial charge is 0.456 e. The van der Waals surface area contributed by atoms with E-state index >= 15 is 0 Å². The molecule has 0 saturated carbocycles. The Bertz CT molecular complexity index is 6790. The van der Waals surface area contributed by atoms with Gasteiger partial charge in [0.15, 0.2) is 17.5 Å². The first-order chi connectivity index (χ1) is 51.1. The van der Waals surface area contributed by atoms with Crippen molar-refractivity contribution in [2.45, 2.75) is 0 Å². The summed E-state index contributed by atoms with van der Waals surface area (Å²) in [6.45, 7) is 0. The van der Waals surface area contributed by atoms with Gasteiger partial charge in [-0.15, -0.1) is 0 Å². The highest BCUT2D eigenvalue weighted by Gasteiger charge is 2.23. The number of fused-ring (bicyclic) bond motifs is 17. The van der Waals surface area contributed by atoms with Crippen molar-refractivity contribution < 1.29 is 8.83 Å². The molecule has 0 aliphatic carbocycles. The van der Waals surface area contributed by atoms with Gasteiger partial charge in [0.2, 0.25) is 5.95 Å². The van der Waals surface area contributed by atoms with Crippen LogP contribution >= 0.6 is 0 Å². The Balaban J connectivity index is 0.000000142. The fourth-order valence-corrected chi connectivity index (χ4v) is 15.0. The lowest BCUT2D eigenvalue weighted by atomic mass is 9.93. The van der Waals surface area contributed by atoms with Crippen molar-refractivity contribution in [1.82, 2.24) is 39.5 Å². The molecule has 0 spiro atoms. The topological polar surface area (TPSA) is 121 Å². The summed E-state index contributed by atoms with van der Waals surface area (Å²) in [5, 5.41) is 13.3. The van der Waals surface area contributed by atoms with Crippen LogP contribution in [0.5, 0.6) is 0 Å². The molecule has 0 atom stereocenters. The summed E-state index contributed by atoms with van der Waals surface area (Å²) >= 11 is 0. The molecule has 0 aliphatic rings. The Hall–Kier alpha value is -14.1. The van der Waals surface area contributed by atoms with Crippen LogP contribution in [0.4, 0.5) is 0 Å². The number of hydrogen-bond acceptors (Lipinski definition) is 9. The molecule has 0 aliphatic heterocycles. The lowest BCUT2D eigenvalue weighted by Crippen LogP contribution is -2.03. The first kappa shape index (κ1) is 59.0. The highest BCUT2D eigenvalue weighted by Crippen LogP contribution is 2.46. The van der Waals surface area contributed by atoms with Crippen molar-refractivity contribution >= 4 is 109 Å². The van der Waals surface area contributed by atoms with Gasteiger partial charge in [0.1, 0.15) is 22.3 Å². The zero-order chi connectivity index (χ0) is 67.9. The Morgan fingerprint density at radius 3 is 1.16 bits per heavy atom. The van der Waals surface area contributed by atoms with Crippen LogP contribution in [0, 0.1) is 0 Å². The Morgan fingerprint density at radius 1 is 0.223 bits per heavy atom. The lowest BCUT2D eigenvalue weighted by molar-refractivity contribution is 0.669. The van der Waals surface area contributed by atoms with E-state index < -0.39 is 0 Å². The van der Waals surface area contributed by atoms with Gasteiger partial charge in [-0.3, -0.25) is 4.57 Å². The van der Waals surface area contributed by atoms with Crippen molar-refractivity contribution in [2.75, 3.05) is 0 Å². The van der Waals surface area contributed by atoms with E-state index in [0.29, 0.717) is 23.4 Å². The van der Waals surface area contributed by atoms with E-state index in [4.69, 9.17) is 43.7 Å². The molecule has 0 N–H and O–H groups in total. The summed E-state index contributed by atoms with van der Waals surface area (Å²) in [6.07, 6.45) is 0. The number of pyridine rings is 2. The summed E-state index contributed by atoms with van der Waals surface area (Å²) in [5.41, 5.74) is 20.0. The number of nitrogens with zero attached hydrogens (tertiary/aromatic N) is 8. The van der Waals surface area contributed by atoms with Gasteiger partial charge in [0.25, 0.3) is 0 Å². The molecule has 0 fully saturated rings. The molecule has 0 bridgehead atoms. The minimum absolute atomic E-state index is 0.597. The summed E-state index contributed by atoms with van der Waals surface area (Å²) in [6, 6.07) is 117. The quantitative estimate of drug-likeness (QED) is 0.130. The van der Waals surface area contributed by atoms with Gasteiger partial charge < -0.3 is 8.83 Å². The third-order valence-corrected chi connectivity index (χ3v) is 19.7. The van der Waals surface area contributed by atoms with Crippen molar-refractivity contribution in [3.8, 4) is 96.3 Å². The van der Waals surface area contributed by atoms with E-state index in [1.54, 1.807) is 0 Å². The standard InChI is InChI=1S/C53H32N4O.C40H24N4O/c1-3-14-34(15-4-1)43-32-44(55-53(54-43)57-45-23-10-7-18-38(45)39-19-8-11-24-46(39)57)35-28-26-33(27-29-35)37-21-13-22-41-49-42(51(56-52(37)41)36-16-5-2-6-17-36)30-31-48-50(49)40-20-9-12-25-47(40)58-48;1-4-12-25(13-5-1)37-31-22-23-34-36(30-18-10-11-19-33(30)45-34)35(31)29-21-20-28(24-32(29)41-37)40-43-38(26-14-6-2-7-15-26)42-39(44-40)27-16-8-3-9-17-27/h1-32H;1-24H. The van der Waals surface area contributed by atoms with Crippen LogP contribution in [0.3, 0.4) is 0 Å². The lowest BCUT2D eigenvalue weighted by Gasteiger charge is -2.15. The number of rotatable bonds is 9. The second-order valence-electron chi connectivity index (χ2n) is 25.8. The number of para-hydroxylation sites is 5. The fraction of sp³-hybridized carbons (Fsp3) is 0. The van der Waals surface area contributed by atoms with E-state index in [9.17, 15) is 0 Å². The van der Waals surface area contributed by atoms with Crippen LogP contribution in [0.2, 0.25) is 0 Å². The summed E-state index contributed by atoms with van der Waals surface area (Å²) in [7, 11) is 0. The van der Waals surface area contributed by atoms with Gasteiger partial charge in [0, 0.05) is 109 Å². The minimum Gasteiger partial charge on any atom is -0.456 e. The molecule has 10 nitrogen and oxygen atoms in total. The predicted molar refractivity (Wildman–Crippen MR) is 420 cm³/mol. The van der Waals surface area contributed by atoms with Crippen molar-refractivity contribution in [3.05, 3.63) is 340 Å². The van der Waals surface area contributed by atoms with Gasteiger partial charge in [-0.05, 0) is 66.2 Å². The molecule has 10 heteroatoms. The zero-order valence-electron chi connectivity index (χ0n) is 55.2. The molecule has 7 aromatic heterocycles. The molecule has 0 unspecified atom stereocenters. The van der Waals surface area contributed by atoms with Gasteiger partial charge in [-0.2, -0.15) is 0 Å². The maximum Gasteiger partial charge on any atom is 0.235 e. The number of aromatic nitrogens is 8. The zero-order valence-corrected chi connectivity index (χ0v) is 55.2. The van der Waals surface area contributed by atoms with Crippen LogP contribution in [0.1, 0.15) is 0 Å². The highest BCUT2D eigenvalue weighted by atomic mass is 16.3. The first-order valence-electron chi connectivity index (χ1n) is 34.4. The number of benzene rings is 14. The summed E-state index contributed by atoms with van der Waals surface area (Å²) in [5.74, 6) is 2.49. The van der Waals surface area contributed by atoms with Gasteiger partial charge in [0.05, 0.1) is 44.8 Å². The molecular weight excluding hydrogens is 1260 g/mol. The van der Waals surface area contributed by atoms with Gasteiger partial charge in [-0.1, -0.05) is 279 Å². The number of furan rings is 2. The normalized spacial score (nSPS) is 11.7. The van der Waals surface area contributed by atoms with Crippen LogP contribution in [0.25, 0.3) is 205 Å². The molecule has 0 saturated heterocycles. The third-order valence-electron chi connectivity index (χ3n) is 19.7. The average Bonchev–Trinajstić information content (AvgIpc) is 1.72. The maximum absolute atomic E-state index is 6.40. The van der Waals surface area contributed by atoms with Gasteiger partial charge >= 0.3 is 0 Å². The minimum atomic E-state index is 0.597. The highest BCUT2D eigenvalue weighted by molar-refractivity contribution is 6.30. The van der Waals surface area contributed by atoms with Crippen LogP contribution in [0.15, 0.2) is 349 Å². The van der Waals surface area contributed by atoms with E-state index in [1.807, 2.05) is 103 Å². The molecule has 480 valence electrons. The fourth-order valence-electron chi connectivity index (χ4n) is 15.0. The second kappa shape index (κ2) is 24.4. The number of hydrogen-bond donors (Lipinski definition) is 0. The van der Waals surface area contributed by atoms with E-state index in [2.05, 4.69) is 241 Å². The molecule has 21 rings (SSSR count). The summed E-state index contributed by atoms with van der Waals surface area (Å²) in [4.78, 5) is 36.1. The molecule has 103 heavy (non-hydrogen) atoms. The molecule has 7 heterocycles. The van der Waals surface area contributed by atoms with Crippen molar-refractivity contribution in [1.29, 1.82) is 0 Å². The smallest absolute Gasteiger partial charge is 0.235 e. The summed E-state index contributed by atoms with van der Waals surface area (Å²) < 4.78 is 14.9. The Kier molecular flexibility index (Phi) is 14.0. The average molecular weight is 1320 g/mol. The predicted octanol–water partition coefficient (Wildman–Crippen LogP) is 24.0. The van der Waals surface area contributed by atoms with E-state index in [1.165, 1.54) is 10.8 Å². The Morgan fingerprint density at radius 2 is 0.621 bits per heavy atom. The van der Waals surface area contributed by atoms with E-state index in [-0.39, 0.29) is 0 Å². The van der Waals surface area contributed by atoms with Crippen molar-refractivity contribution in [3.63, 3.8) is 0 Å². The van der Waals surface area contributed by atoms with Crippen LogP contribution < -0.4 is 0 Å². The molecule has 21 aromatic rings. The monoisotopic (exact) mass is 1320 g/mol. The third kappa shape index (κ3) is 10.1. The molecular formula is C93H56N8O2. The molecule has 0 amide bonds. The molecule has 0 radical (unpaired) electrons. The van der Waals surface area contributed by atoms with Crippen molar-refractivity contribution in [2.24, 2.45) is 0 Å². The van der Waals surface area contributed by atoms with Crippen LogP contribution in [-0.2, 0) is 0 Å². The maximum atomic E-state index is 6.40. The first-order valence-corrected chi connectivity index (χ1v) is 34.4. The van der Waals surface area contributed by atoms with E-state index in [0.717, 1.165) is 171 Å².